The second kappa shape index (κ2) is 9.08. The third-order valence-corrected chi connectivity index (χ3v) is 9.10. The van der Waals surface area contributed by atoms with E-state index in [1.165, 1.54) is 14.2 Å². The second-order valence-electron chi connectivity index (χ2n) is 10.2. The summed E-state index contributed by atoms with van der Waals surface area (Å²) in [5.74, 6) is -0.843. The lowest BCUT2D eigenvalue weighted by Crippen LogP contribution is -2.57. The molecule has 0 bridgehead atoms. The molecule has 0 spiro atoms. The first-order chi connectivity index (χ1) is 19.2. The summed E-state index contributed by atoms with van der Waals surface area (Å²) in [5.41, 5.74) is 3.01. The molecule has 2 amide bonds. The topological polar surface area (TPSA) is 137 Å². The fraction of sp³-hybridized carbons (Fsp3) is 0.286. The number of aromatic nitrogens is 2. The van der Waals surface area contributed by atoms with Crippen molar-refractivity contribution in [3.05, 3.63) is 56.5 Å². The van der Waals surface area contributed by atoms with Crippen molar-refractivity contribution in [3.63, 3.8) is 0 Å². The first-order valence-electron chi connectivity index (χ1n) is 12.6. The summed E-state index contributed by atoms with van der Waals surface area (Å²) in [4.78, 5) is 31.8. The van der Waals surface area contributed by atoms with Crippen molar-refractivity contribution in [3.8, 4) is 0 Å². The maximum atomic E-state index is 13.7. The minimum Gasteiger partial charge on any atom is -0.394 e. The van der Waals surface area contributed by atoms with Gasteiger partial charge in [0.25, 0.3) is 11.8 Å². The number of hydrogen-bond donors (Lipinski definition) is 4. The lowest BCUT2D eigenvalue weighted by molar-refractivity contribution is -0.255. The fourth-order valence-electron chi connectivity index (χ4n) is 6.33. The molecule has 0 saturated carbocycles. The number of nitrogens with zero attached hydrogens (tertiary/aromatic N) is 2. The van der Waals surface area contributed by atoms with Crippen LogP contribution in [0.15, 0.2) is 45.3 Å². The van der Waals surface area contributed by atoms with Crippen LogP contribution in [0.5, 0.6) is 0 Å². The number of imide groups is 1. The van der Waals surface area contributed by atoms with E-state index >= 15 is 0 Å². The van der Waals surface area contributed by atoms with Crippen LogP contribution in [0.3, 0.4) is 0 Å². The highest BCUT2D eigenvalue weighted by atomic mass is 79.9. The maximum Gasteiger partial charge on any atom is 0.262 e. The zero-order valence-electron chi connectivity index (χ0n) is 21.2. The minimum absolute atomic E-state index is 0.261. The van der Waals surface area contributed by atoms with Crippen molar-refractivity contribution < 1.29 is 34.4 Å². The van der Waals surface area contributed by atoms with Crippen LogP contribution in [-0.2, 0) is 9.47 Å². The number of methoxy groups -OCH3 is 1. The van der Waals surface area contributed by atoms with E-state index in [0.717, 1.165) is 24.7 Å². The number of aliphatic hydroxyl groups is 3. The number of halogens is 2. The number of H-pyrrole nitrogens is 1. The predicted octanol–water partition coefficient (Wildman–Crippen LogP) is 3.81. The third-order valence-electron chi connectivity index (χ3n) is 8.12. The first kappa shape index (κ1) is 26.1. The number of benzene rings is 3. The Morgan fingerprint density at radius 3 is 2.30 bits per heavy atom. The number of hydrogen-bond acceptors (Lipinski definition) is 7. The van der Waals surface area contributed by atoms with Crippen molar-refractivity contribution in [1.29, 1.82) is 0 Å². The second-order valence-corrected chi connectivity index (χ2v) is 12.0. The molecule has 4 heterocycles. The Morgan fingerprint density at radius 1 is 0.975 bits per heavy atom. The van der Waals surface area contributed by atoms with Crippen LogP contribution >= 0.6 is 31.9 Å². The first-order valence-corrected chi connectivity index (χ1v) is 14.1. The Hall–Kier alpha value is -2.84. The van der Waals surface area contributed by atoms with Crippen LogP contribution in [-0.4, -0.2) is 86.8 Å². The van der Waals surface area contributed by atoms with Crippen molar-refractivity contribution in [2.75, 3.05) is 20.8 Å². The summed E-state index contributed by atoms with van der Waals surface area (Å²) in [7, 11) is 2.84. The number of nitrogens with one attached hydrogen (secondary N) is 1. The van der Waals surface area contributed by atoms with Gasteiger partial charge in [-0.05, 0) is 36.4 Å². The molecule has 5 atom stereocenters. The zero-order valence-corrected chi connectivity index (χ0v) is 24.4. The summed E-state index contributed by atoms with van der Waals surface area (Å²) in [5, 5.41) is 34.9. The monoisotopic (exact) mass is 671 g/mol. The highest BCUT2D eigenvalue weighted by Gasteiger charge is 2.47. The molecule has 5 unspecified atom stereocenters. The molecule has 206 valence electrons. The van der Waals surface area contributed by atoms with E-state index in [1.807, 2.05) is 36.4 Å². The largest absolute Gasteiger partial charge is 0.394 e. The third kappa shape index (κ3) is 3.32. The number of ether oxygens (including phenoxy) is 2. The molecule has 1 fully saturated rings. The maximum absolute atomic E-state index is 13.7. The molecular formula is C28H23Br2N3O7. The summed E-state index contributed by atoms with van der Waals surface area (Å²) in [6.45, 7) is -0.454. The Balaban J connectivity index is 1.70. The van der Waals surface area contributed by atoms with Gasteiger partial charge in [0.2, 0.25) is 0 Å². The van der Waals surface area contributed by atoms with E-state index in [0.29, 0.717) is 38.3 Å². The van der Waals surface area contributed by atoms with E-state index in [2.05, 4.69) is 36.8 Å². The predicted molar refractivity (Wildman–Crippen MR) is 154 cm³/mol. The normalized spacial score (nSPS) is 25.3. The number of aliphatic hydroxyl groups excluding tert-OH is 3. The number of aromatic amines is 1. The van der Waals surface area contributed by atoms with Crippen LogP contribution in [0, 0.1) is 0 Å². The van der Waals surface area contributed by atoms with Gasteiger partial charge in [-0.15, -0.1) is 0 Å². The summed E-state index contributed by atoms with van der Waals surface area (Å²) in [6, 6.07) is 11.1. The summed E-state index contributed by atoms with van der Waals surface area (Å²) >= 11 is 7.06. The van der Waals surface area contributed by atoms with E-state index in [-0.39, 0.29) is 5.56 Å². The molecule has 5 aromatic rings. The Labute approximate surface area is 243 Å². The standard InChI is InChI=1S/C28H23Br2N3O7/c1-32-26(37)19-17-12-7-10(29)3-5-14(12)31-21(17)22-18(20(19)27(32)38)13-8-11(30)4-6-15(13)33(22)28-24(36)23(35)25(39-2)16(9-34)40-28/h3-8,16,23-25,28,31,34-36H,9H2,1-2H3. The number of rotatable bonds is 3. The van der Waals surface area contributed by atoms with Gasteiger partial charge >= 0.3 is 0 Å². The highest BCUT2D eigenvalue weighted by Crippen LogP contribution is 2.47. The van der Waals surface area contributed by atoms with Gasteiger partial charge < -0.3 is 34.3 Å². The highest BCUT2D eigenvalue weighted by molar-refractivity contribution is 9.10. The number of amides is 2. The van der Waals surface area contributed by atoms with Gasteiger partial charge in [0, 0.05) is 50.2 Å². The average Bonchev–Trinajstić information content (AvgIpc) is 3.54. The van der Waals surface area contributed by atoms with E-state index in [1.54, 1.807) is 4.57 Å². The summed E-state index contributed by atoms with van der Waals surface area (Å²) < 4.78 is 14.9. The molecular weight excluding hydrogens is 650 g/mol. The molecule has 7 rings (SSSR count). The summed E-state index contributed by atoms with van der Waals surface area (Å²) in [6.07, 6.45) is -5.88. The smallest absolute Gasteiger partial charge is 0.262 e. The van der Waals surface area contributed by atoms with Crippen molar-refractivity contribution in [1.82, 2.24) is 14.5 Å². The SMILES string of the molecule is COC1C(CO)OC(n2c3ccc(Br)cc3c3c4c(c5c6cc(Br)ccc6[nH]c5c32)C(=O)N(C)C4=O)C(O)C1O. The van der Waals surface area contributed by atoms with E-state index in [9.17, 15) is 24.9 Å². The molecule has 40 heavy (non-hydrogen) atoms. The van der Waals surface area contributed by atoms with Crippen LogP contribution in [0.2, 0.25) is 0 Å². The molecule has 2 aliphatic rings. The molecule has 12 heteroatoms. The van der Waals surface area contributed by atoms with Gasteiger partial charge in [-0.3, -0.25) is 14.5 Å². The Bertz CT molecular complexity index is 1910. The zero-order chi connectivity index (χ0) is 28.2. The Morgan fingerprint density at radius 2 is 1.62 bits per heavy atom. The van der Waals surface area contributed by atoms with Gasteiger partial charge in [0.1, 0.15) is 24.4 Å². The van der Waals surface area contributed by atoms with Crippen LogP contribution in [0.1, 0.15) is 26.9 Å². The fourth-order valence-corrected chi connectivity index (χ4v) is 7.05. The molecule has 4 N–H and O–H groups in total. The Kier molecular flexibility index (Phi) is 5.92. The van der Waals surface area contributed by atoms with Gasteiger partial charge in [-0.2, -0.15) is 0 Å². The molecule has 10 nitrogen and oxygen atoms in total. The van der Waals surface area contributed by atoms with Crippen LogP contribution in [0.4, 0.5) is 0 Å². The number of carbonyl (C=O) groups excluding carboxylic acids is 2. The minimum atomic E-state index is -1.45. The van der Waals surface area contributed by atoms with Gasteiger partial charge in [0.15, 0.2) is 6.23 Å². The molecule has 0 radical (unpaired) electrons. The van der Waals surface area contributed by atoms with Gasteiger partial charge in [-0.25, -0.2) is 0 Å². The van der Waals surface area contributed by atoms with Gasteiger partial charge in [-0.1, -0.05) is 31.9 Å². The van der Waals surface area contributed by atoms with Gasteiger partial charge in [0.05, 0.1) is 34.3 Å². The molecule has 3 aromatic carbocycles. The van der Waals surface area contributed by atoms with E-state index in [4.69, 9.17) is 9.47 Å². The lowest BCUT2D eigenvalue weighted by atomic mass is 9.96. The molecule has 2 aliphatic heterocycles. The molecule has 0 aliphatic carbocycles. The van der Waals surface area contributed by atoms with Crippen LogP contribution in [0.25, 0.3) is 43.6 Å². The van der Waals surface area contributed by atoms with Crippen molar-refractivity contribution in [2.45, 2.75) is 30.6 Å². The lowest BCUT2D eigenvalue weighted by Gasteiger charge is -2.42. The number of carbonyl (C=O) groups is 2. The van der Waals surface area contributed by atoms with Crippen molar-refractivity contribution in [2.24, 2.45) is 0 Å². The molecule has 2 aromatic heterocycles. The quantitative estimate of drug-likeness (QED) is 0.214. The number of fused-ring (bicyclic) bond motifs is 10. The van der Waals surface area contributed by atoms with Crippen LogP contribution < -0.4 is 0 Å². The van der Waals surface area contributed by atoms with E-state index < -0.39 is 49.1 Å². The van der Waals surface area contributed by atoms with Crippen molar-refractivity contribution >= 4 is 87.3 Å². The average molecular weight is 673 g/mol. The molecule has 1 saturated heterocycles.